The number of likely N-dealkylation sites (tertiary alicyclic amines) is 1. The Bertz CT molecular complexity index is 2190. The molecule has 1 N–H and O–H groups in total. The van der Waals surface area contributed by atoms with Gasteiger partial charge in [0.15, 0.2) is 11.4 Å². The highest BCUT2D eigenvalue weighted by molar-refractivity contribution is 6.09. The Morgan fingerprint density at radius 3 is 2.53 bits per heavy atom. The minimum atomic E-state index is -4.71. The molecule has 0 radical (unpaired) electrons. The number of carbonyl (C=O) groups excluding carboxylic acids is 3. The molecule has 14 heteroatoms. The number of pyridine rings is 2. The van der Waals surface area contributed by atoms with Crippen LogP contribution in [-0.2, 0) is 33.7 Å². The second-order valence-corrected chi connectivity index (χ2v) is 13.3. The van der Waals surface area contributed by atoms with E-state index in [-0.39, 0.29) is 47.7 Å². The number of halogens is 3. The quantitative estimate of drug-likeness (QED) is 0.208. The third-order valence-corrected chi connectivity index (χ3v) is 9.65. The van der Waals surface area contributed by atoms with Crippen LogP contribution in [-0.4, -0.2) is 65.8 Å². The largest absolute Gasteiger partial charge is 0.433 e. The number of aromatic nitrogens is 5. The van der Waals surface area contributed by atoms with Crippen molar-refractivity contribution in [2.45, 2.75) is 71.9 Å². The molecule has 0 bridgehead atoms. The average Bonchev–Trinajstić information content (AvgIpc) is 3.30. The lowest BCUT2D eigenvalue weighted by Crippen LogP contribution is -2.46. The maximum atomic E-state index is 14.1. The first-order chi connectivity index (χ1) is 23.2. The zero-order valence-corrected chi connectivity index (χ0v) is 27.6. The smallest absolute Gasteiger partial charge is 0.380 e. The molecule has 4 aromatic heterocycles. The molecule has 11 nitrogen and oxygen atoms in total. The number of ether oxygens (including phenoxy) is 1. The van der Waals surface area contributed by atoms with E-state index in [1.54, 1.807) is 20.2 Å². The van der Waals surface area contributed by atoms with Gasteiger partial charge in [-0.2, -0.15) is 18.3 Å². The molecule has 5 heterocycles. The van der Waals surface area contributed by atoms with Crippen molar-refractivity contribution in [3.8, 4) is 11.1 Å². The van der Waals surface area contributed by atoms with Crippen LogP contribution < -0.4 is 5.32 Å². The molecule has 2 aliphatic rings. The van der Waals surface area contributed by atoms with Crippen LogP contribution in [0, 0.1) is 19.3 Å². The number of hydrogen-bond donors (Lipinski definition) is 1. The molecule has 1 saturated heterocycles. The Morgan fingerprint density at radius 2 is 1.82 bits per heavy atom. The van der Waals surface area contributed by atoms with E-state index in [1.807, 2.05) is 51.2 Å². The van der Waals surface area contributed by atoms with Gasteiger partial charge in [-0.05, 0) is 80.5 Å². The van der Waals surface area contributed by atoms with Crippen LogP contribution in [0.15, 0.2) is 48.8 Å². The van der Waals surface area contributed by atoms with Gasteiger partial charge in [0.2, 0.25) is 11.8 Å². The summed E-state index contributed by atoms with van der Waals surface area (Å²) >= 11 is 0. The summed E-state index contributed by atoms with van der Waals surface area (Å²) in [7, 11) is 1.39. The van der Waals surface area contributed by atoms with Crippen LogP contribution in [0.3, 0.4) is 0 Å². The van der Waals surface area contributed by atoms with Crippen molar-refractivity contribution in [3.63, 3.8) is 0 Å². The Morgan fingerprint density at radius 1 is 1.04 bits per heavy atom. The Kier molecular flexibility index (Phi) is 7.61. The van der Waals surface area contributed by atoms with Gasteiger partial charge >= 0.3 is 6.18 Å². The van der Waals surface area contributed by atoms with Crippen molar-refractivity contribution in [3.05, 3.63) is 77.0 Å². The monoisotopic (exact) mass is 673 g/mol. The topological polar surface area (TPSA) is 124 Å². The number of rotatable bonds is 8. The molecule has 2 fully saturated rings. The summed E-state index contributed by atoms with van der Waals surface area (Å²) in [6.45, 7) is 7.00. The number of anilines is 1. The van der Waals surface area contributed by atoms with Crippen molar-refractivity contribution in [2.75, 3.05) is 12.4 Å². The number of nitrogens with zero attached hydrogens (tertiary/aromatic N) is 6. The van der Waals surface area contributed by atoms with Gasteiger partial charge in [-0.3, -0.25) is 14.4 Å². The SMILES string of the molecule is COCc1ccc(C(F)(F)F)nc1NC(=O)[C@@H]1C[C@@]2(C)C[C@H]2N1C(=O)Cn1cc(C(C)=O)c2cc(-c3ccc4nc(C)nn4c3)cc(C)c21. The summed E-state index contributed by atoms with van der Waals surface area (Å²) in [5.41, 5.74) is 3.33. The number of piperidine rings is 1. The van der Waals surface area contributed by atoms with Gasteiger partial charge in [0, 0.05) is 47.6 Å². The Hall–Kier alpha value is -5.11. The summed E-state index contributed by atoms with van der Waals surface area (Å²) < 4.78 is 49.0. The first-order valence-corrected chi connectivity index (χ1v) is 15.8. The van der Waals surface area contributed by atoms with Crippen LogP contribution in [0.2, 0.25) is 0 Å². The number of methoxy groups -OCH3 is 1. The molecule has 254 valence electrons. The Labute approximate surface area is 279 Å². The van der Waals surface area contributed by atoms with Gasteiger partial charge in [0.05, 0.1) is 12.1 Å². The first-order valence-electron chi connectivity index (χ1n) is 15.8. The van der Waals surface area contributed by atoms with Crippen LogP contribution in [0.25, 0.3) is 27.7 Å². The normalized spacial score (nSPS) is 20.2. The lowest BCUT2D eigenvalue weighted by Gasteiger charge is -2.27. The van der Waals surface area contributed by atoms with E-state index < -0.39 is 23.8 Å². The highest BCUT2D eigenvalue weighted by atomic mass is 19.4. The molecule has 0 unspecified atom stereocenters. The molecule has 1 aromatic carbocycles. The lowest BCUT2D eigenvalue weighted by molar-refractivity contribution is -0.141. The summed E-state index contributed by atoms with van der Waals surface area (Å²) in [5.74, 6) is -0.719. The van der Waals surface area contributed by atoms with Gasteiger partial charge in [0.1, 0.15) is 29.9 Å². The van der Waals surface area contributed by atoms with E-state index in [0.717, 1.165) is 33.9 Å². The van der Waals surface area contributed by atoms with Crippen molar-refractivity contribution in [1.29, 1.82) is 0 Å². The standard InChI is InChI=1S/C35H34F3N7O4/c1-18-10-23(21-7-9-29-39-20(3)42-44(29)14-21)11-24-25(19(2)46)15-43(31(18)24)16-30(47)45-26(12-34(4)13-28(34)45)33(48)41-32-22(17-49-5)6-8-27(40-32)35(36,37)38/h6-11,14-15,26,28H,12-13,16-17H2,1-5H3,(H,40,41,48)/t26-,28+,34-/m0/s1. The maximum absolute atomic E-state index is 14.1. The summed E-state index contributed by atoms with van der Waals surface area (Å²) in [6.07, 6.45) is -0.0925. The summed E-state index contributed by atoms with van der Waals surface area (Å²) in [6, 6.07) is 8.68. The van der Waals surface area contributed by atoms with Crippen LogP contribution in [0.5, 0.6) is 0 Å². The Balaban J connectivity index is 1.19. The number of alkyl halides is 3. The van der Waals surface area contributed by atoms with Gasteiger partial charge < -0.3 is 19.5 Å². The van der Waals surface area contributed by atoms with E-state index >= 15 is 0 Å². The molecule has 1 aliphatic carbocycles. The number of hydrogen-bond acceptors (Lipinski definition) is 7. The zero-order valence-electron chi connectivity index (χ0n) is 27.6. The third-order valence-electron chi connectivity index (χ3n) is 9.65. The van der Waals surface area contributed by atoms with E-state index in [1.165, 1.54) is 20.1 Å². The molecule has 2 amide bonds. The third kappa shape index (κ3) is 5.73. The highest BCUT2D eigenvalue weighted by Crippen LogP contribution is 2.59. The molecule has 1 saturated carbocycles. The van der Waals surface area contributed by atoms with Gasteiger partial charge in [-0.15, -0.1) is 0 Å². The predicted octanol–water partition coefficient (Wildman–Crippen LogP) is 5.75. The van der Waals surface area contributed by atoms with Crippen LogP contribution in [0.4, 0.5) is 19.0 Å². The summed E-state index contributed by atoms with van der Waals surface area (Å²) in [4.78, 5) is 50.3. The van der Waals surface area contributed by atoms with Gasteiger partial charge in [0.25, 0.3) is 0 Å². The maximum Gasteiger partial charge on any atom is 0.433 e. The van der Waals surface area contributed by atoms with Crippen LogP contribution >= 0.6 is 0 Å². The number of ketones is 1. The highest BCUT2D eigenvalue weighted by Gasteiger charge is 2.64. The van der Waals surface area contributed by atoms with E-state index in [0.29, 0.717) is 29.6 Å². The fourth-order valence-corrected chi connectivity index (χ4v) is 7.21. The fourth-order valence-electron chi connectivity index (χ4n) is 7.21. The molecule has 5 aromatic rings. The number of fused-ring (bicyclic) bond motifs is 3. The molecule has 7 rings (SSSR count). The number of carbonyl (C=O) groups is 3. The minimum Gasteiger partial charge on any atom is -0.380 e. The lowest BCUT2D eigenvalue weighted by atomic mass is 9.99. The molecule has 0 spiro atoms. The van der Waals surface area contributed by atoms with Crippen molar-refractivity contribution in [2.24, 2.45) is 5.41 Å². The molecule has 3 atom stereocenters. The van der Waals surface area contributed by atoms with E-state index in [2.05, 4.69) is 20.4 Å². The second-order valence-electron chi connectivity index (χ2n) is 13.3. The zero-order chi connectivity index (χ0) is 35.0. The number of nitrogens with one attached hydrogen (secondary N) is 1. The average molecular weight is 674 g/mol. The minimum absolute atomic E-state index is 0.0661. The molecule has 1 aliphatic heterocycles. The van der Waals surface area contributed by atoms with E-state index in [4.69, 9.17) is 4.74 Å². The first kappa shape index (κ1) is 32.4. The van der Waals surface area contributed by atoms with Crippen LogP contribution in [0.1, 0.15) is 59.7 Å². The van der Waals surface area contributed by atoms with Crippen molar-refractivity contribution < 1.29 is 32.3 Å². The van der Waals surface area contributed by atoms with Crippen molar-refractivity contribution >= 4 is 40.0 Å². The number of benzene rings is 1. The molecular weight excluding hydrogens is 639 g/mol. The van der Waals surface area contributed by atoms with Crippen molar-refractivity contribution in [1.82, 2.24) is 29.0 Å². The number of amides is 2. The predicted molar refractivity (Wildman–Crippen MR) is 174 cm³/mol. The second kappa shape index (κ2) is 11.5. The van der Waals surface area contributed by atoms with E-state index in [9.17, 15) is 27.6 Å². The fraction of sp³-hybridized carbons (Fsp3) is 0.371. The molecule has 49 heavy (non-hydrogen) atoms. The molecular formula is C35H34F3N7O4. The van der Waals surface area contributed by atoms with Gasteiger partial charge in [-0.1, -0.05) is 13.0 Å². The summed E-state index contributed by atoms with van der Waals surface area (Å²) in [5, 5.41) is 7.67. The van der Waals surface area contributed by atoms with Gasteiger partial charge in [-0.25, -0.2) is 14.5 Å². The number of aryl methyl sites for hydroxylation is 2. The number of Topliss-reactive ketones (excluding diaryl/α,β-unsaturated/α-hetero) is 1.